The maximum Gasteiger partial charge on any atom is 0.118 e. The topological polar surface area (TPSA) is 41.1 Å². The summed E-state index contributed by atoms with van der Waals surface area (Å²) in [6.07, 6.45) is 3.96. The molecule has 2 saturated heterocycles. The summed E-state index contributed by atoms with van der Waals surface area (Å²) in [6.45, 7) is 2.41. The van der Waals surface area contributed by atoms with Crippen LogP contribution >= 0.6 is 11.8 Å². The Morgan fingerprint density at radius 3 is 2.71 bits per heavy atom. The lowest BCUT2D eigenvalue weighted by molar-refractivity contribution is 0.226. The van der Waals surface area contributed by atoms with Gasteiger partial charge in [-0.05, 0) is 67.6 Å². The molecule has 4 rings (SSSR count). The van der Waals surface area contributed by atoms with Gasteiger partial charge in [-0.15, -0.1) is 0 Å². The van der Waals surface area contributed by atoms with Crippen molar-refractivity contribution in [3.05, 3.63) is 36.0 Å². The highest BCUT2D eigenvalue weighted by Crippen LogP contribution is 2.32. The van der Waals surface area contributed by atoms with Gasteiger partial charge in [0.1, 0.15) is 5.75 Å². The number of aromatic nitrogens is 2. The van der Waals surface area contributed by atoms with E-state index in [-0.39, 0.29) is 0 Å². The predicted octanol–water partition coefficient (Wildman–Crippen LogP) is 3.77. The number of ether oxygens (including phenoxy) is 1. The van der Waals surface area contributed by atoms with Gasteiger partial charge in [0.25, 0.3) is 0 Å². The third kappa shape index (κ3) is 3.33. The van der Waals surface area contributed by atoms with Crippen LogP contribution in [0.4, 0.5) is 0 Å². The molecule has 0 unspecified atom stereocenters. The zero-order valence-corrected chi connectivity index (χ0v) is 15.0. The molecule has 24 heavy (non-hydrogen) atoms. The van der Waals surface area contributed by atoms with Crippen molar-refractivity contribution in [2.75, 3.05) is 31.7 Å². The van der Waals surface area contributed by atoms with E-state index in [1.807, 2.05) is 12.1 Å². The molecule has 0 saturated carbocycles. The van der Waals surface area contributed by atoms with E-state index in [0.717, 1.165) is 23.0 Å². The van der Waals surface area contributed by atoms with Crippen molar-refractivity contribution < 1.29 is 4.74 Å². The molecule has 0 bridgehead atoms. The molecule has 1 N–H and O–H groups in total. The second-order valence-electron chi connectivity index (χ2n) is 6.76. The van der Waals surface area contributed by atoms with Crippen molar-refractivity contribution in [3.8, 4) is 17.0 Å². The molecule has 5 heteroatoms. The molecule has 3 heterocycles. The van der Waals surface area contributed by atoms with Crippen molar-refractivity contribution in [3.63, 3.8) is 0 Å². The lowest BCUT2D eigenvalue weighted by Crippen LogP contribution is -2.36. The normalized spacial score (nSPS) is 22.8. The van der Waals surface area contributed by atoms with Gasteiger partial charge < -0.3 is 4.74 Å². The minimum absolute atomic E-state index is 0.596. The first-order valence-corrected chi connectivity index (χ1v) is 10.0. The molecule has 0 radical (unpaired) electrons. The highest BCUT2D eigenvalue weighted by atomic mass is 32.2. The maximum atomic E-state index is 5.23. The average molecular weight is 343 g/mol. The van der Waals surface area contributed by atoms with E-state index in [1.165, 1.54) is 49.6 Å². The number of likely N-dealkylation sites (tertiary alicyclic amines) is 1. The molecule has 0 spiro atoms. The zero-order chi connectivity index (χ0) is 16.4. The second-order valence-corrected chi connectivity index (χ2v) is 7.99. The van der Waals surface area contributed by atoms with E-state index in [2.05, 4.69) is 45.1 Å². The Labute approximate surface area is 148 Å². The van der Waals surface area contributed by atoms with E-state index < -0.39 is 0 Å². The number of rotatable bonds is 4. The molecule has 2 fully saturated rings. The Kier molecular flexibility index (Phi) is 4.81. The van der Waals surface area contributed by atoms with Crippen LogP contribution in [0.2, 0.25) is 0 Å². The lowest BCUT2D eigenvalue weighted by atomic mass is 10.0. The Morgan fingerprint density at radius 2 is 1.96 bits per heavy atom. The molecule has 2 aliphatic heterocycles. The first-order valence-electron chi connectivity index (χ1n) is 8.85. The van der Waals surface area contributed by atoms with Crippen molar-refractivity contribution in [2.24, 2.45) is 0 Å². The van der Waals surface area contributed by atoms with Crippen LogP contribution in [-0.2, 0) is 0 Å². The van der Waals surface area contributed by atoms with Crippen LogP contribution in [0.1, 0.15) is 30.9 Å². The summed E-state index contributed by atoms with van der Waals surface area (Å²) in [5.41, 5.74) is 3.45. The minimum atomic E-state index is 0.596. The zero-order valence-electron chi connectivity index (χ0n) is 14.2. The number of thioether (sulfide) groups is 1. The van der Waals surface area contributed by atoms with Crippen molar-refractivity contribution >= 4 is 11.8 Å². The van der Waals surface area contributed by atoms with Crippen molar-refractivity contribution in [2.45, 2.75) is 31.2 Å². The highest BCUT2D eigenvalue weighted by molar-refractivity contribution is 7.99. The molecule has 0 amide bonds. The lowest BCUT2D eigenvalue weighted by Gasteiger charge is -2.30. The summed E-state index contributed by atoms with van der Waals surface area (Å²) in [4.78, 5) is 2.71. The molecular weight excluding hydrogens is 318 g/mol. The van der Waals surface area contributed by atoms with E-state index in [1.54, 1.807) is 7.11 Å². The third-order valence-corrected chi connectivity index (χ3v) is 6.40. The number of hydrogen-bond acceptors (Lipinski definition) is 4. The highest BCUT2D eigenvalue weighted by Gasteiger charge is 2.30. The summed E-state index contributed by atoms with van der Waals surface area (Å²) in [5, 5.41) is 7.82. The molecule has 1 atom stereocenters. The van der Waals surface area contributed by atoms with Crippen LogP contribution in [0.3, 0.4) is 0 Å². The quantitative estimate of drug-likeness (QED) is 0.917. The molecule has 2 aromatic rings. The molecule has 2 aliphatic rings. The van der Waals surface area contributed by atoms with Gasteiger partial charge in [0.15, 0.2) is 0 Å². The van der Waals surface area contributed by atoms with Gasteiger partial charge >= 0.3 is 0 Å². The molecule has 1 aromatic carbocycles. The summed E-state index contributed by atoms with van der Waals surface area (Å²) < 4.78 is 5.23. The van der Waals surface area contributed by atoms with E-state index in [4.69, 9.17) is 4.74 Å². The monoisotopic (exact) mass is 343 g/mol. The first-order chi connectivity index (χ1) is 11.8. The van der Waals surface area contributed by atoms with E-state index in [9.17, 15) is 0 Å². The second kappa shape index (κ2) is 7.19. The van der Waals surface area contributed by atoms with E-state index >= 15 is 0 Å². The third-order valence-electron chi connectivity index (χ3n) is 5.35. The van der Waals surface area contributed by atoms with Gasteiger partial charge in [0.2, 0.25) is 0 Å². The van der Waals surface area contributed by atoms with E-state index in [0.29, 0.717) is 5.92 Å². The standard InChI is InChI=1S/C19H25N3OS/c1-23-17-4-2-14(3-5-17)18-12-19(21-20-18)15-6-9-22(13-15)16-7-10-24-11-8-16/h2-5,12,15-16H,6-11,13H2,1H3,(H,20,21)/t15-/m1/s1. The van der Waals surface area contributed by atoms with Crippen LogP contribution in [-0.4, -0.2) is 52.8 Å². The fourth-order valence-corrected chi connectivity index (χ4v) is 4.96. The molecule has 1 aromatic heterocycles. The Balaban J connectivity index is 1.43. The van der Waals surface area contributed by atoms with Gasteiger partial charge in [-0.2, -0.15) is 16.9 Å². The average Bonchev–Trinajstić information content (AvgIpc) is 3.32. The van der Waals surface area contributed by atoms with Crippen LogP contribution < -0.4 is 4.74 Å². The van der Waals surface area contributed by atoms with Crippen molar-refractivity contribution in [1.82, 2.24) is 15.1 Å². The van der Waals surface area contributed by atoms with Crippen LogP contribution in [0.25, 0.3) is 11.3 Å². The van der Waals surface area contributed by atoms with Crippen LogP contribution in [0.15, 0.2) is 30.3 Å². The number of benzene rings is 1. The number of nitrogens with one attached hydrogen (secondary N) is 1. The Bertz CT molecular complexity index is 664. The van der Waals surface area contributed by atoms with Gasteiger partial charge in [0, 0.05) is 29.8 Å². The number of H-pyrrole nitrogens is 1. The van der Waals surface area contributed by atoms with Crippen LogP contribution in [0, 0.1) is 0 Å². The van der Waals surface area contributed by atoms with Gasteiger partial charge in [-0.25, -0.2) is 0 Å². The summed E-state index contributed by atoms with van der Waals surface area (Å²) in [7, 11) is 1.69. The van der Waals surface area contributed by atoms with Gasteiger partial charge in [-0.1, -0.05) is 0 Å². The smallest absolute Gasteiger partial charge is 0.118 e. The van der Waals surface area contributed by atoms with Crippen molar-refractivity contribution in [1.29, 1.82) is 0 Å². The maximum absolute atomic E-state index is 5.23. The molecule has 4 nitrogen and oxygen atoms in total. The Morgan fingerprint density at radius 1 is 1.17 bits per heavy atom. The SMILES string of the molecule is COc1ccc(-c2cc([C@@H]3CCN(C4CCSCC4)C3)[nH]n2)cc1. The van der Waals surface area contributed by atoms with Crippen LogP contribution in [0.5, 0.6) is 5.75 Å². The fraction of sp³-hybridized carbons (Fsp3) is 0.526. The van der Waals surface area contributed by atoms with Gasteiger partial charge in [-0.3, -0.25) is 10.00 Å². The summed E-state index contributed by atoms with van der Waals surface area (Å²) >= 11 is 2.11. The fourth-order valence-electron chi connectivity index (χ4n) is 3.88. The minimum Gasteiger partial charge on any atom is -0.497 e. The Hall–Kier alpha value is -1.46. The number of methoxy groups -OCH3 is 1. The molecule has 128 valence electrons. The first kappa shape index (κ1) is 16.0. The summed E-state index contributed by atoms with van der Waals surface area (Å²) in [6, 6.07) is 11.1. The number of nitrogens with zero attached hydrogens (tertiary/aromatic N) is 2. The largest absolute Gasteiger partial charge is 0.497 e. The number of aromatic amines is 1. The number of hydrogen-bond donors (Lipinski definition) is 1. The van der Waals surface area contributed by atoms with Gasteiger partial charge in [0.05, 0.1) is 12.8 Å². The molecular formula is C19H25N3OS. The predicted molar refractivity (Wildman–Crippen MR) is 99.9 cm³/mol. The summed E-state index contributed by atoms with van der Waals surface area (Å²) in [5.74, 6) is 4.14. The molecule has 0 aliphatic carbocycles.